The standard InChI is InChI=1S/C10H20N2O2/c1-10(2,3)14-9(13)12-8-5-4-7(8)6-11/h7-8H,4-6,11H2,1-3H3,(H,12,13)/t7-,8-/m1/s1. The Morgan fingerprint density at radius 3 is 2.50 bits per heavy atom. The molecule has 1 aliphatic rings. The Kier molecular flexibility index (Phi) is 3.37. The van der Waals surface area contributed by atoms with Gasteiger partial charge >= 0.3 is 6.09 Å². The van der Waals surface area contributed by atoms with Gasteiger partial charge < -0.3 is 15.8 Å². The van der Waals surface area contributed by atoms with Crippen LogP contribution in [-0.2, 0) is 4.74 Å². The van der Waals surface area contributed by atoms with E-state index in [1.54, 1.807) is 0 Å². The van der Waals surface area contributed by atoms with E-state index in [1.807, 2.05) is 20.8 Å². The monoisotopic (exact) mass is 200 g/mol. The van der Waals surface area contributed by atoms with Crippen LogP contribution in [0, 0.1) is 5.92 Å². The smallest absolute Gasteiger partial charge is 0.407 e. The predicted octanol–water partition coefficient (Wildman–Crippen LogP) is 1.25. The van der Waals surface area contributed by atoms with E-state index in [9.17, 15) is 4.79 Å². The quantitative estimate of drug-likeness (QED) is 0.705. The lowest BCUT2D eigenvalue weighted by Crippen LogP contribution is -2.50. The first-order valence-corrected chi connectivity index (χ1v) is 5.12. The van der Waals surface area contributed by atoms with Gasteiger partial charge in [0.1, 0.15) is 5.60 Å². The van der Waals surface area contributed by atoms with Gasteiger partial charge in [-0.2, -0.15) is 0 Å². The fourth-order valence-electron chi connectivity index (χ4n) is 1.50. The van der Waals surface area contributed by atoms with E-state index < -0.39 is 5.60 Å². The molecule has 0 aromatic heterocycles. The van der Waals surface area contributed by atoms with Gasteiger partial charge in [-0.05, 0) is 46.1 Å². The van der Waals surface area contributed by atoms with Gasteiger partial charge in [-0.1, -0.05) is 0 Å². The highest BCUT2D eigenvalue weighted by Gasteiger charge is 2.31. The van der Waals surface area contributed by atoms with Crippen LogP contribution in [0.5, 0.6) is 0 Å². The Hall–Kier alpha value is -0.770. The van der Waals surface area contributed by atoms with Crippen molar-refractivity contribution in [1.82, 2.24) is 5.32 Å². The number of alkyl carbamates (subject to hydrolysis) is 1. The number of amides is 1. The number of carbonyl (C=O) groups excluding carboxylic acids is 1. The summed E-state index contributed by atoms with van der Waals surface area (Å²) in [6, 6.07) is 0.217. The van der Waals surface area contributed by atoms with E-state index in [0.717, 1.165) is 12.8 Å². The molecule has 0 aliphatic heterocycles. The van der Waals surface area contributed by atoms with Crippen LogP contribution in [0.1, 0.15) is 33.6 Å². The second kappa shape index (κ2) is 4.17. The SMILES string of the molecule is CC(C)(C)OC(=O)N[C@@H]1CC[C@@H]1CN. The molecule has 4 heteroatoms. The molecule has 1 fully saturated rings. The summed E-state index contributed by atoms with van der Waals surface area (Å²) in [6.07, 6.45) is 1.79. The zero-order chi connectivity index (χ0) is 10.8. The lowest BCUT2D eigenvalue weighted by molar-refractivity contribution is 0.0441. The van der Waals surface area contributed by atoms with Crippen LogP contribution in [0.2, 0.25) is 0 Å². The van der Waals surface area contributed by atoms with Gasteiger partial charge in [0.2, 0.25) is 0 Å². The molecular weight excluding hydrogens is 180 g/mol. The number of ether oxygens (including phenoxy) is 1. The van der Waals surface area contributed by atoms with Gasteiger partial charge in [-0.15, -0.1) is 0 Å². The average Bonchev–Trinajstić information content (AvgIpc) is 1.96. The van der Waals surface area contributed by atoms with Crippen molar-refractivity contribution in [1.29, 1.82) is 0 Å². The van der Waals surface area contributed by atoms with Crippen molar-refractivity contribution in [3.05, 3.63) is 0 Å². The van der Waals surface area contributed by atoms with Crippen molar-refractivity contribution in [2.45, 2.75) is 45.3 Å². The molecule has 82 valence electrons. The third-order valence-corrected chi connectivity index (χ3v) is 2.42. The summed E-state index contributed by atoms with van der Waals surface area (Å²) in [4.78, 5) is 11.3. The Bertz CT molecular complexity index is 209. The topological polar surface area (TPSA) is 64.3 Å². The first-order valence-electron chi connectivity index (χ1n) is 5.12. The molecule has 0 unspecified atom stereocenters. The summed E-state index contributed by atoms with van der Waals surface area (Å²) < 4.78 is 5.15. The van der Waals surface area contributed by atoms with E-state index in [4.69, 9.17) is 10.5 Å². The highest BCUT2D eigenvalue weighted by molar-refractivity contribution is 5.68. The van der Waals surface area contributed by atoms with Gasteiger partial charge in [-0.3, -0.25) is 0 Å². The second-order valence-electron chi connectivity index (χ2n) is 4.83. The minimum Gasteiger partial charge on any atom is -0.444 e. The van der Waals surface area contributed by atoms with E-state index in [-0.39, 0.29) is 12.1 Å². The first-order chi connectivity index (χ1) is 6.42. The van der Waals surface area contributed by atoms with Gasteiger partial charge in [-0.25, -0.2) is 4.79 Å². The zero-order valence-corrected chi connectivity index (χ0v) is 9.17. The number of hydrogen-bond acceptors (Lipinski definition) is 3. The number of nitrogens with two attached hydrogens (primary N) is 1. The van der Waals surface area contributed by atoms with Crippen LogP contribution in [0.3, 0.4) is 0 Å². The van der Waals surface area contributed by atoms with Crippen LogP contribution in [0.4, 0.5) is 4.79 Å². The third-order valence-electron chi connectivity index (χ3n) is 2.42. The van der Waals surface area contributed by atoms with Crippen molar-refractivity contribution < 1.29 is 9.53 Å². The van der Waals surface area contributed by atoms with Gasteiger partial charge in [0.05, 0.1) is 0 Å². The van der Waals surface area contributed by atoms with E-state index >= 15 is 0 Å². The molecule has 1 saturated carbocycles. The van der Waals surface area contributed by atoms with Crippen molar-refractivity contribution >= 4 is 6.09 Å². The lowest BCUT2D eigenvalue weighted by Gasteiger charge is -2.36. The van der Waals surface area contributed by atoms with Crippen molar-refractivity contribution in [3.8, 4) is 0 Å². The molecule has 0 spiro atoms. The summed E-state index contributed by atoms with van der Waals surface area (Å²) in [6.45, 7) is 6.20. The summed E-state index contributed by atoms with van der Waals surface area (Å²) in [7, 11) is 0. The van der Waals surface area contributed by atoms with Crippen molar-refractivity contribution in [2.75, 3.05) is 6.54 Å². The van der Waals surface area contributed by atoms with Gasteiger partial charge in [0, 0.05) is 6.04 Å². The average molecular weight is 200 g/mol. The molecule has 2 atom stereocenters. The maximum Gasteiger partial charge on any atom is 0.407 e. The minimum absolute atomic E-state index is 0.217. The summed E-state index contributed by atoms with van der Waals surface area (Å²) >= 11 is 0. The Balaban J connectivity index is 2.27. The maximum atomic E-state index is 11.3. The van der Waals surface area contributed by atoms with E-state index in [0.29, 0.717) is 12.5 Å². The normalized spacial score (nSPS) is 26.6. The molecule has 0 bridgehead atoms. The Labute approximate surface area is 85.2 Å². The first kappa shape index (κ1) is 11.3. The zero-order valence-electron chi connectivity index (χ0n) is 9.17. The molecule has 0 aromatic rings. The molecule has 0 saturated heterocycles. The number of hydrogen-bond donors (Lipinski definition) is 2. The molecular formula is C10H20N2O2. The lowest BCUT2D eigenvalue weighted by atomic mass is 9.80. The van der Waals surface area contributed by atoms with E-state index in [2.05, 4.69) is 5.32 Å². The summed E-state index contributed by atoms with van der Waals surface area (Å²) in [5.41, 5.74) is 5.11. The molecule has 1 aliphatic carbocycles. The van der Waals surface area contributed by atoms with Gasteiger partial charge in [0.15, 0.2) is 0 Å². The van der Waals surface area contributed by atoms with Crippen molar-refractivity contribution in [3.63, 3.8) is 0 Å². The molecule has 1 rings (SSSR count). The third kappa shape index (κ3) is 3.18. The van der Waals surface area contributed by atoms with Crippen LogP contribution in [0.15, 0.2) is 0 Å². The number of rotatable bonds is 2. The van der Waals surface area contributed by atoms with Crippen LogP contribution in [0.25, 0.3) is 0 Å². The summed E-state index contributed by atoms with van der Waals surface area (Å²) in [5.74, 6) is 0.433. The maximum absolute atomic E-state index is 11.3. The van der Waals surface area contributed by atoms with Crippen LogP contribution >= 0.6 is 0 Å². The molecule has 4 nitrogen and oxygen atoms in total. The fourth-order valence-corrected chi connectivity index (χ4v) is 1.50. The highest BCUT2D eigenvalue weighted by atomic mass is 16.6. The number of nitrogens with one attached hydrogen (secondary N) is 1. The molecule has 0 radical (unpaired) electrons. The Morgan fingerprint density at radius 2 is 2.14 bits per heavy atom. The molecule has 14 heavy (non-hydrogen) atoms. The molecule has 0 aromatic carbocycles. The van der Waals surface area contributed by atoms with Crippen LogP contribution < -0.4 is 11.1 Å². The fraction of sp³-hybridized carbons (Fsp3) is 0.900. The molecule has 0 heterocycles. The molecule has 3 N–H and O–H groups in total. The van der Waals surface area contributed by atoms with Crippen molar-refractivity contribution in [2.24, 2.45) is 11.7 Å². The largest absolute Gasteiger partial charge is 0.444 e. The Morgan fingerprint density at radius 1 is 1.50 bits per heavy atom. The minimum atomic E-state index is -0.425. The summed E-state index contributed by atoms with van der Waals surface area (Å²) in [5, 5.41) is 2.83. The van der Waals surface area contributed by atoms with Crippen LogP contribution in [-0.4, -0.2) is 24.3 Å². The van der Waals surface area contributed by atoms with Gasteiger partial charge in [0.25, 0.3) is 0 Å². The van der Waals surface area contributed by atoms with E-state index in [1.165, 1.54) is 0 Å². The molecule has 1 amide bonds. The predicted molar refractivity (Wildman–Crippen MR) is 54.9 cm³/mol. The highest BCUT2D eigenvalue weighted by Crippen LogP contribution is 2.26. The number of carbonyl (C=O) groups is 1. The second-order valence-corrected chi connectivity index (χ2v) is 4.83.